The lowest BCUT2D eigenvalue weighted by Gasteiger charge is -2.36. The molecule has 0 saturated carbocycles. The maximum absolute atomic E-state index is 11.3. The predicted octanol–water partition coefficient (Wildman–Crippen LogP) is 4.66. The highest BCUT2D eigenvalue weighted by atomic mass is 32.2. The lowest BCUT2D eigenvalue weighted by Crippen LogP contribution is -2.49. The van der Waals surface area contributed by atoms with Crippen molar-refractivity contribution in [2.24, 2.45) is 0 Å². The molecule has 0 spiro atoms. The maximum Gasteiger partial charge on any atom is 0.407 e. The van der Waals surface area contributed by atoms with Crippen molar-refractivity contribution in [3.63, 3.8) is 0 Å². The number of hydrogen-bond acceptors (Lipinski definition) is 7. The Kier molecular flexibility index (Phi) is 6.00. The standard InChI is InChI=1S/C18H26N4O3S2/c1-11-5-6-12(9-22(11)17(23)24)21-16-20-8-15(27-16)26-10-14-19-7-13(25-14)18(2,3)4/h7-8,11-12H,5-6,9-10H2,1-4H3,(H,20,21)(H,23,24)/t11-,12+/m0/s1. The van der Waals surface area contributed by atoms with Crippen molar-refractivity contribution in [2.45, 2.75) is 68.0 Å². The smallest absolute Gasteiger partial charge is 0.407 e. The van der Waals surface area contributed by atoms with E-state index < -0.39 is 6.09 Å². The first-order valence-corrected chi connectivity index (χ1v) is 10.8. The van der Waals surface area contributed by atoms with Gasteiger partial charge in [0, 0.05) is 24.0 Å². The molecule has 0 unspecified atom stereocenters. The van der Waals surface area contributed by atoms with Gasteiger partial charge in [0.1, 0.15) is 5.76 Å². The quantitative estimate of drug-likeness (QED) is 0.692. The first kappa shape index (κ1) is 20.0. The summed E-state index contributed by atoms with van der Waals surface area (Å²) in [5.74, 6) is 2.26. The van der Waals surface area contributed by atoms with Gasteiger partial charge < -0.3 is 19.7 Å². The van der Waals surface area contributed by atoms with Crippen molar-refractivity contribution >= 4 is 34.3 Å². The first-order chi connectivity index (χ1) is 12.7. The molecule has 1 aliphatic heterocycles. The van der Waals surface area contributed by atoms with Gasteiger partial charge in [-0.2, -0.15) is 0 Å². The predicted molar refractivity (Wildman–Crippen MR) is 108 cm³/mol. The zero-order chi connectivity index (χ0) is 19.6. The molecule has 2 N–H and O–H groups in total. The number of nitrogens with zero attached hydrogens (tertiary/aromatic N) is 3. The van der Waals surface area contributed by atoms with Gasteiger partial charge in [0.2, 0.25) is 5.89 Å². The minimum atomic E-state index is -0.857. The molecular formula is C18H26N4O3S2. The second-order valence-electron chi connectivity index (χ2n) is 7.84. The van der Waals surface area contributed by atoms with E-state index in [0.29, 0.717) is 18.2 Å². The zero-order valence-corrected chi connectivity index (χ0v) is 17.7. The Hall–Kier alpha value is -1.74. The van der Waals surface area contributed by atoms with E-state index in [1.807, 2.05) is 13.1 Å². The molecule has 0 bridgehead atoms. The van der Waals surface area contributed by atoms with Gasteiger partial charge in [0.15, 0.2) is 5.13 Å². The van der Waals surface area contributed by atoms with Crippen LogP contribution in [0.2, 0.25) is 0 Å². The number of carbonyl (C=O) groups is 1. The summed E-state index contributed by atoms with van der Waals surface area (Å²) in [6, 6.07) is 0.170. The Morgan fingerprint density at radius 2 is 2.19 bits per heavy atom. The molecule has 148 valence electrons. The summed E-state index contributed by atoms with van der Waals surface area (Å²) in [4.78, 5) is 21.6. The van der Waals surface area contributed by atoms with E-state index in [2.05, 4.69) is 36.1 Å². The third-order valence-electron chi connectivity index (χ3n) is 4.57. The second-order valence-corrected chi connectivity index (χ2v) is 10.2. The summed E-state index contributed by atoms with van der Waals surface area (Å²) in [7, 11) is 0. The number of likely N-dealkylation sites (tertiary alicyclic amines) is 1. The number of carboxylic acid groups (broad SMARTS) is 1. The molecule has 27 heavy (non-hydrogen) atoms. The minimum Gasteiger partial charge on any atom is -0.465 e. The molecule has 2 atom stereocenters. The largest absolute Gasteiger partial charge is 0.465 e. The van der Waals surface area contributed by atoms with Crippen LogP contribution >= 0.6 is 23.1 Å². The highest BCUT2D eigenvalue weighted by Crippen LogP contribution is 2.32. The Labute approximate surface area is 167 Å². The SMILES string of the molecule is C[C@H]1CC[C@@H](Nc2ncc(SCc3ncc(C(C)(C)C)o3)s2)CN1C(=O)O. The fourth-order valence-electron chi connectivity index (χ4n) is 2.92. The number of thiazole rings is 1. The zero-order valence-electron chi connectivity index (χ0n) is 16.1. The van der Waals surface area contributed by atoms with Crippen molar-refractivity contribution in [3.05, 3.63) is 24.0 Å². The molecule has 1 aliphatic rings. The third kappa shape index (κ3) is 5.16. The van der Waals surface area contributed by atoms with Gasteiger partial charge in [-0.05, 0) is 19.8 Å². The van der Waals surface area contributed by atoms with Gasteiger partial charge in [-0.15, -0.1) is 11.8 Å². The van der Waals surface area contributed by atoms with E-state index in [1.165, 1.54) is 4.90 Å². The Morgan fingerprint density at radius 3 is 2.85 bits per heavy atom. The minimum absolute atomic E-state index is 0.0428. The fourth-order valence-corrected chi connectivity index (χ4v) is 4.72. The molecule has 1 fully saturated rings. The number of thioether (sulfide) groups is 1. The lowest BCUT2D eigenvalue weighted by atomic mass is 9.94. The number of anilines is 1. The van der Waals surface area contributed by atoms with Gasteiger partial charge in [0.05, 0.1) is 22.4 Å². The highest BCUT2D eigenvalue weighted by molar-refractivity contribution is 8.00. The van der Waals surface area contributed by atoms with Crippen LogP contribution in [0.4, 0.5) is 9.93 Å². The summed E-state index contributed by atoms with van der Waals surface area (Å²) in [5, 5.41) is 13.5. The van der Waals surface area contributed by atoms with Crippen LogP contribution in [0.5, 0.6) is 0 Å². The van der Waals surface area contributed by atoms with Crippen molar-refractivity contribution in [1.29, 1.82) is 0 Å². The van der Waals surface area contributed by atoms with Gasteiger partial charge >= 0.3 is 6.09 Å². The average Bonchev–Trinajstić information content (AvgIpc) is 3.23. The van der Waals surface area contributed by atoms with E-state index in [4.69, 9.17) is 4.42 Å². The van der Waals surface area contributed by atoms with Crippen molar-refractivity contribution < 1.29 is 14.3 Å². The van der Waals surface area contributed by atoms with Gasteiger partial charge in [-0.3, -0.25) is 0 Å². The summed E-state index contributed by atoms with van der Waals surface area (Å²) < 4.78 is 6.89. The van der Waals surface area contributed by atoms with Gasteiger partial charge in [0.25, 0.3) is 0 Å². The van der Waals surface area contributed by atoms with Crippen LogP contribution in [0.1, 0.15) is 52.2 Å². The van der Waals surface area contributed by atoms with E-state index in [1.54, 1.807) is 29.3 Å². The molecule has 3 heterocycles. The Balaban J connectivity index is 1.53. The molecule has 0 radical (unpaired) electrons. The molecule has 1 saturated heterocycles. The number of aromatic nitrogens is 2. The molecule has 9 heteroatoms. The second kappa shape index (κ2) is 8.10. The summed E-state index contributed by atoms with van der Waals surface area (Å²) in [6.07, 6.45) is 4.58. The number of hydrogen-bond donors (Lipinski definition) is 2. The summed E-state index contributed by atoms with van der Waals surface area (Å²) >= 11 is 3.22. The van der Waals surface area contributed by atoms with E-state index >= 15 is 0 Å². The summed E-state index contributed by atoms with van der Waals surface area (Å²) in [6.45, 7) is 8.75. The van der Waals surface area contributed by atoms with Crippen molar-refractivity contribution in [2.75, 3.05) is 11.9 Å². The molecule has 7 nitrogen and oxygen atoms in total. The van der Waals surface area contributed by atoms with Crippen LogP contribution in [0, 0.1) is 0 Å². The summed E-state index contributed by atoms with van der Waals surface area (Å²) in [5.41, 5.74) is -0.0428. The Morgan fingerprint density at radius 1 is 1.41 bits per heavy atom. The molecule has 3 rings (SSSR count). The normalized spacial score (nSPS) is 20.7. The first-order valence-electron chi connectivity index (χ1n) is 9.02. The van der Waals surface area contributed by atoms with E-state index in [-0.39, 0.29) is 17.5 Å². The van der Waals surface area contributed by atoms with Crippen LogP contribution in [-0.2, 0) is 11.2 Å². The van der Waals surface area contributed by atoms with Crippen LogP contribution in [0.25, 0.3) is 0 Å². The topological polar surface area (TPSA) is 91.5 Å². The molecule has 2 aromatic rings. The number of nitrogens with one attached hydrogen (secondary N) is 1. The van der Waals surface area contributed by atoms with E-state index in [9.17, 15) is 9.90 Å². The maximum atomic E-state index is 11.3. The van der Waals surface area contributed by atoms with Gasteiger partial charge in [-0.1, -0.05) is 32.1 Å². The van der Waals surface area contributed by atoms with Gasteiger partial charge in [-0.25, -0.2) is 14.8 Å². The number of rotatable bonds is 5. The number of amides is 1. The highest BCUT2D eigenvalue weighted by Gasteiger charge is 2.29. The number of piperidine rings is 1. The molecule has 2 aromatic heterocycles. The Bertz CT molecular complexity index is 784. The van der Waals surface area contributed by atoms with Crippen LogP contribution in [0.3, 0.4) is 0 Å². The number of oxazole rings is 1. The lowest BCUT2D eigenvalue weighted by molar-refractivity contribution is 0.108. The third-order valence-corrected chi connectivity index (χ3v) is 6.68. The fraction of sp³-hybridized carbons (Fsp3) is 0.611. The van der Waals surface area contributed by atoms with E-state index in [0.717, 1.165) is 27.9 Å². The van der Waals surface area contributed by atoms with Crippen LogP contribution < -0.4 is 5.32 Å². The molecular weight excluding hydrogens is 384 g/mol. The van der Waals surface area contributed by atoms with Crippen molar-refractivity contribution in [3.8, 4) is 0 Å². The molecule has 0 aromatic carbocycles. The van der Waals surface area contributed by atoms with Crippen molar-refractivity contribution in [1.82, 2.24) is 14.9 Å². The molecule has 0 aliphatic carbocycles. The monoisotopic (exact) mass is 410 g/mol. The van der Waals surface area contributed by atoms with Crippen LogP contribution in [-0.4, -0.2) is 44.7 Å². The molecule has 1 amide bonds. The average molecular weight is 411 g/mol. The van der Waals surface area contributed by atoms with Crippen LogP contribution in [0.15, 0.2) is 21.0 Å².